The van der Waals surface area contributed by atoms with Gasteiger partial charge in [-0.3, -0.25) is 24.0 Å². The van der Waals surface area contributed by atoms with Crippen molar-refractivity contribution in [3.8, 4) is 0 Å². The smallest absolute Gasteiger partial charge is 0.306 e. The van der Waals surface area contributed by atoms with Crippen molar-refractivity contribution in [3.05, 3.63) is 178 Å². The predicted octanol–water partition coefficient (Wildman–Crippen LogP) is 15.1. The molecule has 0 bridgehead atoms. The molecule has 562 valence electrons. The summed E-state index contributed by atoms with van der Waals surface area (Å²) in [6.07, 6.45) is -15.3. The molecule has 5 aliphatic rings. The van der Waals surface area contributed by atoms with E-state index in [2.05, 4.69) is 14.2 Å². The minimum Gasteiger partial charge on any atom is -0.466 e. The molecule has 5 saturated heterocycles. The molecule has 0 saturated carbocycles. The molecular formula is C87H129N5O10. The van der Waals surface area contributed by atoms with E-state index in [4.69, 9.17) is 76.6 Å². The van der Waals surface area contributed by atoms with Gasteiger partial charge in [-0.25, -0.2) is 0 Å². The number of rotatable bonds is 25. The predicted molar refractivity (Wildman–Crippen MR) is 412 cm³/mol. The van der Waals surface area contributed by atoms with Crippen molar-refractivity contribution in [1.82, 2.24) is 24.5 Å². The number of nitrogens with zero attached hydrogens (tertiary/aromatic N) is 5. The van der Waals surface area contributed by atoms with Gasteiger partial charge in [-0.05, 0) is 300 Å². The summed E-state index contributed by atoms with van der Waals surface area (Å²) in [5.74, 6) is -5.20. The Hall–Kier alpha value is -6.75. The molecule has 0 N–H and O–H groups in total. The summed E-state index contributed by atoms with van der Waals surface area (Å²) in [5, 5.41) is 0. The van der Waals surface area contributed by atoms with Crippen molar-refractivity contribution >= 4 is 29.8 Å². The van der Waals surface area contributed by atoms with E-state index in [9.17, 15) is 24.0 Å². The Morgan fingerprint density at radius 3 is 0.980 bits per heavy atom. The first-order chi connectivity index (χ1) is 67.8. The summed E-state index contributed by atoms with van der Waals surface area (Å²) in [7, 11) is 4.26. The molecule has 5 fully saturated rings. The Morgan fingerprint density at radius 2 is 0.676 bits per heavy atom. The van der Waals surface area contributed by atoms with Crippen LogP contribution in [0.4, 0.5) is 0 Å². The van der Waals surface area contributed by atoms with Gasteiger partial charge in [-0.2, -0.15) is 0 Å². The number of esters is 5. The van der Waals surface area contributed by atoms with Crippen LogP contribution in [-0.4, -0.2) is 187 Å². The SMILES string of the molecule is [2H]C([2H])([2H])N1C([2H])([2H])CC(CC(=O)OCC)(Cc2ccccc2)CC1([2H])[2H].[2H]C1([2H])CC(CC(=O)OC([2H])([2H])C([2H])([2H])[2H])(Cc2ccccc2)CC([2H])([2H])N1C.[2H]C1([2H])CC(CC(=O)OCC)(Cc2ccccc2)CC([2H])([2H])N1C.[2H]c1c([2H])c(C)c([2H])c(CC2(CC(=O)OC([2H])([2H])C([2H])([2H])[2H])C([2H])([2H])CN(C([2H])([2H])[2H])CC2([2H])[2H])c1[2H].[2H]c1c([2H])c(C)c([2H])c(CC2(CC(=O)OC([2H])([2H])C([2H])([2H])[2H])C([2H])([2H])CN(C)CC2([2H])[2H])c1[2H]. The lowest BCUT2D eigenvalue weighted by atomic mass is 9.71. The quantitative estimate of drug-likeness (QED) is 0.0403. The van der Waals surface area contributed by atoms with E-state index in [1.807, 2.05) is 60.7 Å². The zero-order valence-electron chi connectivity index (χ0n) is 108. The van der Waals surface area contributed by atoms with Gasteiger partial charge in [-0.15, -0.1) is 0 Å². The third-order valence-corrected chi connectivity index (χ3v) is 17.0. The molecule has 5 aromatic rings. The van der Waals surface area contributed by atoms with Gasteiger partial charge in [-0.1, -0.05) is 150 Å². The van der Waals surface area contributed by atoms with Crippen LogP contribution in [0.5, 0.6) is 0 Å². The molecule has 15 nitrogen and oxygen atoms in total. The Labute approximate surface area is 683 Å². The van der Waals surface area contributed by atoms with E-state index < -0.39 is 257 Å². The van der Waals surface area contributed by atoms with Crippen molar-refractivity contribution in [2.24, 2.45) is 27.1 Å². The summed E-state index contributed by atoms with van der Waals surface area (Å²) in [5.41, 5.74) is -6.10. The maximum atomic E-state index is 12.8. The zero-order chi connectivity index (χ0) is 117. The van der Waals surface area contributed by atoms with Crippen LogP contribution in [0.3, 0.4) is 0 Å². The Balaban J connectivity index is 0.000000290. The second-order valence-corrected chi connectivity index (χ2v) is 25.6. The number of hydrogen-bond donors (Lipinski definition) is 0. The second kappa shape index (κ2) is 43.5. The second-order valence-electron chi connectivity index (χ2n) is 25.6. The number of piperidine rings is 5. The molecule has 5 aliphatic heterocycles. The number of ether oxygens (including phenoxy) is 5. The molecule has 0 spiro atoms. The molecule has 102 heavy (non-hydrogen) atoms. The average Bonchev–Trinajstić information content (AvgIpc) is 0.716. The van der Waals surface area contributed by atoms with Crippen LogP contribution in [0.1, 0.15) is 237 Å². The molecule has 0 atom stereocenters. The molecule has 0 radical (unpaired) electrons. The van der Waals surface area contributed by atoms with E-state index in [1.165, 1.54) is 39.9 Å². The van der Waals surface area contributed by atoms with Crippen molar-refractivity contribution < 1.29 is 115 Å². The van der Waals surface area contributed by atoms with Crippen LogP contribution < -0.4 is 0 Å². The van der Waals surface area contributed by atoms with E-state index in [-0.39, 0.29) is 125 Å². The minimum atomic E-state index is -3.51. The number of likely N-dealkylation sites (tertiary alicyclic amines) is 5. The van der Waals surface area contributed by atoms with Gasteiger partial charge in [0, 0.05) is 48.0 Å². The van der Waals surface area contributed by atoms with Crippen LogP contribution in [0, 0.1) is 40.9 Å². The fourth-order valence-electron chi connectivity index (χ4n) is 11.8. The van der Waals surface area contributed by atoms with Gasteiger partial charge in [0.25, 0.3) is 0 Å². The monoisotopic (exact) mass is 1450 g/mol. The molecule has 0 aromatic heterocycles. The Kier molecular flexibility index (Phi) is 16.2. The van der Waals surface area contributed by atoms with Crippen molar-refractivity contribution in [3.63, 3.8) is 0 Å². The first kappa shape index (κ1) is 38.0. The first-order valence-electron chi connectivity index (χ1n) is 57.8. The summed E-state index contributed by atoms with van der Waals surface area (Å²) < 4.78 is 413. The third kappa shape index (κ3) is 30.1. The Morgan fingerprint density at radius 1 is 0.392 bits per heavy atom. The fourth-order valence-corrected chi connectivity index (χ4v) is 11.8. The number of hydrogen-bond acceptors (Lipinski definition) is 15. The highest BCUT2D eigenvalue weighted by Gasteiger charge is 2.41. The summed E-state index contributed by atoms with van der Waals surface area (Å²) in [6.45, 7) is -34.7. The molecule has 10 rings (SSSR count). The summed E-state index contributed by atoms with van der Waals surface area (Å²) in [4.78, 5) is 66.8. The van der Waals surface area contributed by atoms with E-state index in [0.29, 0.717) is 16.2 Å². The third-order valence-electron chi connectivity index (χ3n) is 17.0. The highest BCUT2D eigenvalue weighted by Crippen LogP contribution is 2.43. The normalized spacial score (nSPS) is 31.6. The van der Waals surface area contributed by atoms with Crippen molar-refractivity contribution in [1.29, 1.82) is 0 Å². The van der Waals surface area contributed by atoms with E-state index >= 15 is 0 Å². The summed E-state index contributed by atoms with van der Waals surface area (Å²) >= 11 is 0. The average molecular weight is 1450 g/mol. The van der Waals surface area contributed by atoms with Gasteiger partial charge in [0.05, 0.1) is 84.2 Å². The molecule has 15 heteroatoms. The van der Waals surface area contributed by atoms with Crippen molar-refractivity contribution in [2.45, 2.75) is 176 Å². The van der Waals surface area contributed by atoms with E-state index in [0.717, 1.165) is 26.5 Å². The number of carbonyl (C=O) groups excluding carboxylic acids is 5. The standard InChI is InChI=1S/2C18H27NO2.3C17H25NO2/c2*1-4-21-17(20)14-18(8-10-19(3)11-9-18)13-16-7-5-6-15(2)12-16;3*1-3-20-16(19)14-17(9-11-18(2)12-10-17)13-15-7-5-4-6-8-15/h2*5-7,12H,4,8-11,13-14H2,1-3H3;3*4-8H,3,9-14H2,1-2H3/i1D3,3D3,4D2,5D,6D,7D,8D2,9D2,12D;1D3,4D2,5D,6D,7D,8D2,9D2,12D;1D3,3D2,11D2,12D2;2D3,11D2,12D2;11D2,12D2. The summed E-state index contributed by atoms with van der Waals surface area (Å²) in [6, 6.07) is 23.5. The molecule has 0 unspecified atom stereocenters. The number of benzene rings is 5. The van der Waals surface area contributed by atoms with E-state index in [1.54, 1.807) is 44.2 Å². The zero-order valence-corrected chi connectivity index (χ0v) is 59.0. The molecule has 0 amide bonds. The highest BCUT2D eigenvalue weighted by molar-refractivity contribution is 5.72. The van der Waals surface area contributed by atoms with Gasteiger partial charge in [0.15, 0.2) is 0 Å². The topological polar surface area (TPSA) is 148 Å². The lowest BCUT2D eigenvalue weighted by Gasteiger charge is -2.40. The van der Waals surface area contributed by atoms with Gasteiger partial charge >= 0.3 is 29.8 Å². The fraction of sp³-hybridized carbons (Fsp3) is 0.598. The lowest BCUT2D eigenvalue weighted by Crippen LogP contribution is -2.40. The van der Waals surface area contributed by atoms with Crippen LogP contribution in [0.15, 0.2) is 139 Å². The van der Waals surface area contributed by atoms with Gasteiger partial charge in [0.1, 0.15) is 0 Å². The van der Waals surface area contributed by atoms with Gasteiger partial charge in [0.2, 0.25) is 0 Å². The maximum absolute atomic E-state index is 12.8. The largest absolute Gasteiger partial charge is 0.466 e. The van der Waals surface area contributed by atoms with Crippen LogP contribution in [0.25, 0.3) is 0 Å². The maximum Gasteiger partial charge on any atom is 0.306 e. The molecule has 0 aliphatic carbocycles. The molecule has 5 aromatic carbocycles. The minimum absolute atomic E-state index is 0.0165. The first-order valence-corrected chi connectivity index (χ1v) is 33.3. The van der Waals surface area contributed by atoms with Crippen LogP contribution in [-0.2, 0) is 79.8 Å². The van der Waals surface area contributed by atoms with Crippen molar-refractivity contribution in [2.75, 3.05) is 133 Å². The number of carbonyl (C=O) groups is 5. The van der Waals surface area contributed by atoms with Crippen LogP contribution >= 0.6 is 0 Å². The highest BCUT2D eigenvalue weighted by atomic mass is 16.5. The molecule has 5 heterocycles. The lowest BCUT2D eigenvalue weighted by molar-refractivity contribution is -0.147. The molecular weight excluding hydrogens is 1270 g/mol. The van der Waals surface area contributed by atoms with Crippen LogP contribution in [0.2, 0.25) is 0 Å². The Bertz CT molecular complexity index is 5400. The van der Waals surface area contributed by atoms with Gasteiger partial charge < -0.3 is 48.2 Å².